The van der Waals surface area contributed by atoms with Crippen molar-refractivity contribution in [3.63, 3.8) is 0 Å². The summed E-state index contributed by atoms with van der Waals surface area (Å²) in [6, 6.07) is 6.46. The second kappa shape index (κ2) is 4.58. The first-order valence-electron chi connectivity index (χ1n) is 5.83. The van der Waals surface area contributed by atoms with Gasteiger partial charge in [-0.1, -0.05) is 23.8 Å². The van der Waals surface area contributed by atoms with Crippen LogP contribution < -0.4 is 0 Å². The third-order valence-corrected chi connectivity index (χ3v) is 3.56. The van der Waals surface area contributed by atoms with Crippen LogP contribution in [0.3, 0.4) is 0 Å². The number of hydrogen-bond acceptors (Lipinski definition) is 1. The van der Waals surface area contributed by atoms with Gasteiger partial charge in [-0.2, -0.15) is 0 Å². The second-order valence-electron chi connectivity index (χ2n) is 4.86. The van der Waals surface area contributed by atoms with Gasteiger partial charge in [0.2, 0.25) is 5.24 Å². The van der Waals surface area contributed by atoms with E-state index in [0.29, 0.717) is 18.3 Å². The highest BCUT2D eigenvalue weighted by atomic mass is 35.5. The third-order valence-electron chi connectivity index (χ3n) is 3.41. The molecule has 1 aliphatic carbocycles. The Labute approximate surface area is 102 Å². The summed E-state index contributed by atoms with van der Waals surface area (Å²) in [6.07, 6.45) is 2.96. The molecule has 0 amide bonds. The van der Waals surface area contributed by atoms with E-state index < -0.39 is 0 Å². The van der Waals surface area contributed by atoms with Crippen molar-refractivity contribution in [2.75, 3.05) is 0 Å². The number of hydrogen-bond donors (Lipinski definition) is 0. The normalized spacial score (nSPS) is 17.2. The zero-order valence-corrected chi connectivity index (χ0v) is 10.6. The maximum atomic E-state index is 11.1. The third kappa shape index (κ3) is 2.65. The van der Waals surface area contributed by atoms with Crippen molar-refractivity contribution >= 4 is 16.8 Å². The Morgan fingerprint density at radius 1 is 1.44 bits per heavy atom. The Hall–Kier alpha value is -0.820. The van der Waals surface area contributed by atoms with Crippen molar-refractivity contribution in [2.24, 2.45) is 5.92 Å². The van der Waals surface area contributed by atoms with Crippen LogP contribution in [-0.2, 0) is 4.79 Å². The Bertz CT molecular complexity index is 407. The molecule has 0 aromatic heterocycles. The predicted molar refractivity (Wildman–Crippen MR) is 66.9 cm³/mol. The van der Waals surface area contributed by atoms with Gasteiger partial charge in [0.05, 0.1) is 0 Å². The molecule has 2 rings (SSSR count). The molecule has 1 aliphatic rings. The minimum absolute atomic E-state index is 0.210. The molecule has 1 nitrogen and oxygen atoms in total. The summed E-state index contributed by atoms with van der Waals surface area (Å²) in [7, 11) is 0. The summed E-state index contributed by atoms with van der Waals surface area (Å²) in [5.74, 6) is 1.01. The van der Waals surface area contributed by atoms with Crippen molar-refractivity contribution in [2.45, 2.75) is 39.0 Å². The van der Waals surface area contributed by atoms with Gasteiger partial charge in [-0.05, 0) is 61.3 Å². The van der Waals surface area contributed by atoms with Crippen LogP contribution >= 0.6 is 11.6 Å². The van der Waals surface area contributed by atoms with Gasteiger partial charge in [0.25, 0.3) is 0 Å². The van der Waals surface area contributed by atoms with Crippen molar-refractivity contribution in [1.29, 1.82) is 0 Å². The van der Waals surface area contributed by atoms with Crippen LogP contribution in [0.2, 0.25) is 0 Å². The average Bonchev–Trinajstić information content (AvgIpc) is 3.02. The number of benzene rings is 1. The van der Waals surface area contributed by atoms with Crippen molar-refractivity contribution in [3.05, 3.63) is 34.9 Å². The van der Waals surface area contributed by atoms with E-state index in [4.69, 9.17) is 11.6 Å². The summed E-state index contributed by atoms with van der Waals surface area (Å²) in [4.78, 5) is 11.1. The average molecular weight is 237 g/mol. The molecule has 16 heavy (non-hydrogen) atoms. The predicted octanol–water partition coefficient (Wildman–Crippen LogP) is 3.95. The molecule has 1 atom stereocenters. The van der Waals surface area contributed by atoms with E-state index in [1.54, 1.807) is 0 Å². The van der Waals surface area contributed by atoms with E-state index in [9.17, 15) is 4.79 Å². The zero-order valence-electron chi connectivity index (χ0n) is 9.79. The molecule has 0 heterocycles. The lowest BCUT2D eigenvalue weighted by molar-refractivity contribution is -0.112. The van der Waals surface area contributed by atoms with Gasteiger partial charge >= 0.3 is 0 Å². The molecule has 0 bridgehead atoms. The fraction of sp³-hybridized carbons (Fsp3) is 0.500. The standard InChI is InChI=1S/C14H17ClO/c1-9-3-4-10(2)12(7-9)13(8-14(15)16)11-5-6-11/h3-4,7,11,13H,5-6,8H2,1-2H3. The van der Waals surface area contributed by atoms with Crippen molar-refractivity contribution in [1.82, 2.24) is 0 Å². The van der Waals surface area contributed by atoms with Gasteiger partial charge in [-0.15, -0.1) is 0 Å². The maximum absolute atomic E-state index is 11.1. The second-order valence-corrected chi connectivity index (χ2v) is 5.28. The molecule has 86 valence electrons. The first-order valence-corrected chi connectivity index (χ1v) is 6.21. The lowest BCUT2D eigenvalue weighted by Crippen LogP contribution is -2.07. The Morgan fingerprint density at radius 3 is 2.69 bits per heavy atom. The topological polar surface area (TPSA) is 17.1 Å². The first-order chi connectivity index (χ1) is 7.58. The molecule has 2 heteroatoms. The molecular weight excluding hydrogens is 220 g/mol. The fourth-order valence-corrected chi connectivity index (χ4v) is 2.53. The van der Waals surface area contributed by atoms with E-state index in [0.717, 1.165) is 0 Å². The summed E-state index contributed by atoms with van der Waals surface area (Å²) < 4.78 is 0. The van der Waals surface area contributed by atoms with E-state index in [2.05, 4.69) is 32.0 Å². The molecule has 0 spiro atoms. The molecule has 0 saturated heterocycles. The monoisotopic (exact) mass is 236 g/mol. The maximum Gasteiger partial charge on any atom is 0.222 e. The van der Waals surface area contributed by atoms with E-state index >= 15 is 0 Å². The van der Waals surface area contributed by atoms with Crippen molar-refractivity contribution < 1.29 is 4.79 Å². The summed E-state index contributed by atoms with van der Waals surface area (Å²) in [5.41, 5.74) is 3.85. The first kappa shape index (κ1) is 11.7. The van der Waals surface area contributed by atoms with E-state index in [1.807, 2.05) is 0 Å². The van der Waals surface area contributed by atoms with Crippen LogP contribution in [0.5, 0.6) is 0 Å². The van der Waals surface area contributed by atoms with Crippen LogP contribution in [0.1, 0.15) is 41.9 Å². The molecule has 1 aromatic rings. The molecule has 1 unspecified atom stereocenters. The largest absolute Gasteiger partial charge is 0.281 e. The van der Waals surface area contributed by atoms with Gasteiger partial charge in [-0.3, -0.25) is 4.79 Å². The number of carbonyl (C=O) groups is 1. The highest BCUT2D eigenvalue weighted by molar-refractivity contribution is 6.63. The highest BCUT2D eigenvalue weighted by Crippen LogP contribution is 2.45. The summed E-state index contributed by atoms with van der Waals surface area (Å²) in [6.45, 7) is 4.21. The quantitative estimate of drug-likeness (QED) is 0.724. The van der Waals surface area contributed by atoms with Gasteiger partial charge in [-0.25, -0.2) is 0 Å². The smallest absolute Gasteiger partial charge is 0.222 e. The van der Waals surface area contributed by atoms with Gasteiger partial charge < -0.3 is 0 Å². The Morgan fingerprint density at radius 2 is 2.12 bits per heavy atom. The SMILES string of the molecule is Cc1ccc(C)c(C(CC(=O)Cl)C2CC2)c1. The van der Waals surface area contributed by atoms with Crippen molar-refractivity contribution in [3.8, 4) is 0 Å². The van der Waals surface area contributed by atoms with Crippen LogP contribution in [0.15, 0.2) is 18.2 Å². The van der Waals surface area contributed by atoms with Crippen LogP contribution in [0.4, 0.5) is 0 Å². The summed E-state index contributed by atoms with van der Waals surface area (Å²) >= 11 is 5.55. The van der Waals surface area contributed by atoms with E-state index in [-0.39, 0.29) is 5.24 Å². The van der Waals surface area contributed by atoms with Gasteiger partial charge in [0.1, 0.15) is 0 Å². The molecule has 0 N–H and O–H groups in total. The molecule has 1 fully saturated rings. The lowest BCUT2D eigenvalue weighted by atomic mass is 9.87. The lowest BCUT2D eigenvalue weighted by Gasteiger charge is -2.17. The summed E-state index contributed by atoms with van der Waals surface area (Å²) in [5, 5.41) is -0.210. The Kier molecular flexibility index (Phi) is 3.34. The molecule has 0 aliphatic heterocycles. The van der Waals surface area contributed by atoms with Gasteiger partial charge in [0, 0.05) is 6.42 Å². The number of aryl methyl sites for hydroxylation is 2. The molecule has 1 aromatic carbocycles. The Balaban J connectivity index is 2.30. The van der Waals surface area contributed by atoms with Crippen LogP contribution in [-0.4, -0.2) is 5.24 Å². The van der Waals surface area contributed by atoms with Gasteiger partial charge in [0.15, 0.2) is 0 Å². The molecule has 1 saturated carbocycles. The number of carbonyl (C=O) groups excluding carboxylic acids is 1. The fourth-order valence-electron chi connectivity index (χ4n) is 2.36. The van der Waals surface area contributed by atoms with Crippen LogP contribution in [0.25, 0.3) is 0 Å². The minimum atomic E-state index is -0.210. The van der Waals surface area contributed by atoms with Crippen LogP contribution in [0, 0.1) is 19.8 Å². The highest BCUT2D eigenvalue weighted by Gasteiger charge is 2.34. The molecule has 0 radical (unpaired) electrons. The molecular formula is C14H17ClO. The zero-order chi connectivity index (χ0) is 11.7. The van der Waals surface area contributed by atoms with E-state index in [1.165, 1.54) is 29.5 Å². The number of rotatable bonds is 4. The number of halogens is 1. The minimum Gasteiger partial charge on any atom is -0.281 e.